The van der Waals surface area contributed by atoms with E-state index in [-0.39, 0.29) is 22.9 Å². The molecule has 0 aromatic rings. The number of rotatable bonds is 3. The molecule has 0 spiro atoms. The van der Waals surface area contributed by atoms with Gasteiger partial charge in [0.2, 0.25) is 0 Å². The van der Waals surface area contributed by atoms with Crippen LogP contribution in [0.5, 0.6) is 0 Å². The number of hydrogen-bond donors (Lipinski definition) is 1. The van der Waals surface area contributed by atoms with Crippen LogP contribution in [0.1, 0.15) is 66.7 Å². The van der Waals surface area contributed by atoms with Gasteiger partial charge < -0.3 is 14.8 Å². The topological polar surface area (TPSA) is 64.6 Å². The normalized spacial score (nSPS) is 29.4. The van der Waals surface area contributed by atoms with Crippen LogP contribution in [0.2, 0.25) is 0 Å². The lowest BCUT2D eigenvalue weighted by molar-refractivity contribution is -0.152. The Hall–Kier alpha value is -1.26. The van der Waals surface area contributed by atoms with Crippen molar-refractivity contribution in [2.75, 3.05) is 13.7 Å². The second kappa shape index (κ2) is 6.88. The fourth-order valence-corrected chi connectivity index (χ4v) is 3.64. The van der Waals surface area contributed by atoms with Gasteiger partial charge in [0, 0.05) is 6.54 Å². The molecule has 2 saturated carbocycles. The molecule has 22 heavy (non-hydrogen) atoms. The molecule has 128 valence electrons. The van der Waals surface area contributed by atoms with Crippen LogP contribution in [0.4, 0.5) is 4.79 Å². The standard InChI is InChI=1S/C15H25NO4.C2H6/c1-13(2,3)20-12(18)16-10-14-5-7-15(9-14,8-6-14)11(17)19-4;1-2/h5-10H2,1-4H3,(H,16,18);1-2H3. The average Bonchev–Trinajstić information content (AvgIpc) is 3.02. The van der Waals surface area contributed by atoms with E-state index < -0.39 is 5.60 Å². The van der Waals surface area contributed by atoms with Gasteiger partial charge in [-0.3, -0.25) is 4.79 Å². The first-order valence-electron chi connectivity index (χ1n) is 8.26. The van der Waals surface area contributed by atoms with Gasteiger partial charge in [-0.2, -0.15) is 0 Å². The Morgan fingerprint density at radius 2 is 1.64 bits per heavy atom. The highest BCUT2D eigenvalue weighted by molar-refractivity contribution is 5.78. The molecule has 0 atom stereocenters. The van der Waals surface area contributed by atoms with Crippen LogP contribution in [0.15, 0.2) is 0 Å². The van der Waals surface area contributed by atoms with Crippen molar-refractivity contribution in [2.45, 2.75) is 72.3 Å². The van der Waals surface area contributed by atoms with E-state index in [1.807, 2.05) is 34.6 Å². The van der Waals surface area contributed by atoms with Crippen molar-refractivity contribution >= 4 is 12.1 Å². The number of carbonyl (C=O) groups excluding carboxylic acids is 2. The van der Waals surface area contributed by atoms with E-state index in [1.165, 1.54) is 7.11 Å². The first-order valence-corrected chi connectivity index (χ1v) is 8.26. The number of amides is 1. The number of nitrogens with one attached hydrogen (secondary N) is 1. The Morgan fingerprint density at radius 1 is 1.09 bits per heavy atom. The van der Waals surface area contributed by atoms with E-state index in [2.05, 4.69) is 5.32 Å². The molecular weight excluding hydrogens is 282 g/mol. The molecule has 1 N–H and O–H groups in total. The zero-order chi connectivity index (χ0) is 17.0. The van der Waals surface area contributed by atoms with E-state index in [0.29, 0.717) is 6.54 Å². The van der Waals surface area contributed by atoms with Gasteiger partial charge >= 0.3 is 12.1 Å². The summed E-state index contributed by atoms with van der Waals surface area (Å²) in [6.07, 6.45) is 4.12. The Balaban J connectivity index is 0.00000116. The van der Waals surface area contributed by atoms with Crippen molar-refractivity contribution < 1.29 is 19.1 Å². The van der Waals surface area contributed by atoms with Crippen LogP contribution in [0, 0.1) is 10.8 Å². The lowest BCUT2D eigenvalue weighted by atomic mass is 9.82. The molecule has 0 aliphatic heterocycles. The number of ether oxygens (including phenoxy) is 2. The Labute approximate surface area is 134 Å². The maximum Gasteiger partial charge on any atom is 0.407 e. The molecule has 5 heteroatoms. The quantitative estimate of drug-likeness (QED) is 0.808. The largest absolute Gasteiger partial charge is 0.469 e. The predicted octanol–water partition coefficient (Wildman–Crippen LogP) is 3.66. The molecule has 5 nitrogen and oxygen atoms in total. The molecule has 2 fully saturated rings. The summed E-state index contributed by atoms with van der Waals surface area (Å²) in [6, 6.07) is 0. The molecular formula is C17H31NO4. The first-order chi connectivity index (χ1) is 10.2. The zero-order valence-electron chi connectivity index (χ0n) is 14.9. The fraction of sp³-hybridized carbons (Fsp3) is 0.882. The molecule has 2 aliphatic carbocycles. The van der Waals surface area contributed by atoms with E-state index in [9.17, 15) is 9.59 Å². The zero-order valence-corrected chi connectivity index (χ0v) is 14.9. The molecule has 1 amide bonds. The van der Waals surface area contributed by atoms with Crippen LogP contribution in [-0.4, -0.2) is 31.3 Å². The highest BCUT2D eigenvalue weighted by Gasteiger charge is 2.58. The van der Waals surface area contributed by atoms with Gasteiger partial charge in [0.15, 0.2) is 0 Å². The van der Waals surface area contributed by atoms with Gasteiger partial charge in [0.1, 0.15) is 5.60 Å². The van der Waals surface area contributed by atoms with Gasteiger partial charge in [-0.25, -0.2) is 4.79 Å². The summed E-state index contributed by atoms with van der Waals surface area (Å²) in [5.74, 6) is -0.0888. The summed E-state index contributed by atoms with van der Waals surface area (Å²) >= 11 is 0. The molecule has 0 aromatic carbocycles. The third-order valence-corrected chi connectivity index (χ3v) is 4.61. The van der Waals surface area contributed by atoms with Gasteiger partial charge in [0.25, 0.3) is 0 Å². The van der Waals surface area contributed by atoms with Crippen LogP contribution < -0.4 is 5.32 Å². The van der Waals surface area contributed by atoms with Crippen molar-refractivity contribution in [3.8, 4) is 0 Å². The Morgan fingerprint density at radius 3 is 2.09 bits per heavy atom. The van der Waals surface area contributed by atoms with Crippen LogP contribution in [0.3, 0.4) is 0 Å². The molecule has 0 aromatic heterocycles. The molecule has 0 heterocycles. The minimum absolute atomic E-state index is 0.0467. The van der Waals surface area contributed by atoms with Crippen LogP contribution >= 0.6 is 0 Å². The Bertz CT molecular complexity index is 403. The predicted molar refractivity (Wildman–Crippen MR) is 85.6 cm³/mol. The number of methoxy groups -OCH3 is 1. The van der Waals surface area contributed by atoms with Gasteiger partial charge in [-0.05, 0) is 58.3 Å². The fourth-order valence-electron chi connectivity index (χ4n) is 3.64. The molecule has 0 saturated heterocycles. The van der Waals surface area contributed by atoms with E-state index in [4.69, 9.17) is 9.47 Å². The molecule has 0 radical (unpaired) electrons. The van der Waals surface area contributed by atoms with Crippen molar-refractivity contribution in [3.05, 3.63) is 0 Å². The summed E-state index contributed by atoms with van der Waals surface area (Å²) in [6.45, 7) is 10.1. The first kappa shape index (κ1) is 18.8. The second-order valence-electron chi connectivity index (χ2n) is 7.30. The maximum absolute atomic E-state index is 11.9. The Kier molecular flexibility index (Phi) is 5.88. The average molecular weight is 313 g/mol. The van der Waals surface area contributed by atoms with Crippen LogP contribution in [-0.2, 0) is 14.3 Å². The third-order valence-electron chi connectivity index (χ3n) is 4.61. The molecule has 2 aliphatic rings. The summed E-state index contributed by atoms with van der Waals surface area (Å²) in [4.78, 5) is 23.7. The third kappa shape index (κ3) is 4.14. The minimum Gasteiger partial charge on any atom is -0.469 e. The second-order valence-corrected chi connectivity index (χ2v) is 7.30. The summed E-state index contributed by atoms with van der Waals surface area (Å²) in [5, 5.41) is 2.86. The van der Waals surface area contributed by atoms with Crippen molar-refractivity contribution in [1.82, 2.24) is 5.32 Å². The maximum atomic E-state index is 11.9. The minimum atomic E-state index is -0.483. The number of carbonyl (C=O) groups is 2. The summed E-state index contributed by atoms with van der Waals surface area (Å²) in [7, 11) is 1.45. The number of hydrogen-bond acceptors (Lipinski definition) is 4. The highest BCUT2D eigenvalue weighted by Crippen LogP contribution is 2.61. The molecule has 0 unspecified atom stereocenters. The van der Waals surface area contributed by atoms with Crippen molar-refractivity contribution in [3.63, 3.8) is 0 Å². The number of fused-ring (bicyclic) bond motifs is 2. The van der Waals surface area contributed by atoms with Gasteiger partial charge in [-0.15, -0.1) is 0 Å². The number of esters is 1. The van der Waals surface area contributed by atoms with Gasteiger partial charge in [-0.1, -0.05) is 13.8 Å². The summed E-state index contributed by atoms with van der Waals surface area (Å²) in [5.41, 5.74) is -0.738. The molecule has 2 rings (SSSR count). The van der Waals surface area contributed by atoms with E-state index in [1.54, 1.807) is 0 Å². The SMILES string of the molecule is CC.COC(=O)C12CCC(CNC(=O)OC(C)(C)C)(CC1)C2. The lowest BCUT2D eigenvalue weighted by Gasteiger charge is -2.28. The summed E-state index contributed by atoms with van der Waals surface area (Å²) < 4.78 is 10.2. The molecule has 2 bridgehead atoms. The number of alkyl carbamates (subject to hydrolysis) is 1. The smallest absolute Gasteiger partial charge is 0.407 e. The van der Waals surface area contributed by atoms with E-state index >= 15 is 0 Å². The monoisotopic (exact) mass is 313 g/mol. The van der Waals surface area contributed by atoms with E-state index in [0.717, 1.165) is 32.1 Å². The van der Waals surface area contributed by atoms with Crippen molar-refractivity contribution in [2.24, 2.45) is 10.8 Å². The van der Waals surface area contributed by atoms with Gasteiger partial charge in [0.05, 0.1) is 12.5 Å². The van der Waals surface area contributed by atoms with Crippen molar-refractivity contribution in [1.29, 1.82) is 0 Å². The highest BCUT2D eigenvalue weighted by atomic mass is 16.6. The lowest BCUT2D eigenvalue weighted by Crippen LogP contribution is -2.38. The van der Waals surface area contributed by atoms with Crippen LogP contribution in [0.25, 0.3) is 0 Å².